The second kappa shape index (κ2) is 6.82. The molecule has 1 aromatic rings. The number of nitrogens with zero attached hydrogens (tertiary/aromatic N) is 3. The second-order valence-corrected chi connectivity index (χ2v) is 5.40. The Morgan fingerprint density at radius 1 is 1.52 bits per heavy atom. The zero-order valence-electron chi connectivity index (χ0n) is 11.7. The fourth-order valence-corrected chi connectivity index (χ4v) is 2.61. The molecule has 114 valence electrons. The lowest BCUT2D eigenvalue weighted by Crippen LogP contribution is -2.37. The minimum atomic E-state index is -0.588. The van der Waals surface area contributed by atoms with Crippen LogP contribution < -0.4 is 5.32 Å². The van der Waals surface area contributed by atoms with Crippen molar-refractivity contribution in [3.63, 3.8) is 0 Å². The van der Waals surface area contributed by atoms with E-state index in [0.717, 1.165) is 38.5 Å². The molecular formula is C13H17ClN4O3. The van der Waals surface area contributed by atoms with Crippen molar-refractivity contribution in [3.05, 3.63) is 33.1 Å². The van der Waals surface area contributed by atoms with Crippen LogP contribution in [-0.4, -0.2) is 46.9 Å². The molecule has 1 atom stereocenters. The molecule has 1 aliphatic heterocycles. The second-order valence-electron chi connectivity index (χ2n) is 5.04. The normalized spacial score (nSPS) is 18.9. The highest BCUT2D eigenvalue weighted by molar-refractivity contribution is 6.32. The van der Waals surface area contributed by atoms with Crippen molar-refractivity contribution < 1.29 is 9.72 Å². The Bertz CT molecular complexity index is 544. The van der Waals surface area contributed by atoms with E-state index in [9.17, 15) is 14.9 Å². The molecule has 1 aromatic heterocycles. The first-order valence-electron chi connectivity index (χ1n) is 6.78. The molecule has 0 aromatic carbocycles. The fraction of sp³-hybridized carbons (Fsp3) is 0.538. The quantitative estimate of drug-likeness (QED) is 0.523. The molecule has 1 amide bonds. The van der Waals surface area contributed by atoms with E-state index in [2.05, 4.69) is 10.3 Å². The van der Waals surface area contributed by atoms with Crippen LogP contribution in [0.15, 0.2) is 12.3 Å². The number of rotatable bonds is 3. The van der Waals surface area contributed by atoms with Gasteiger partial charge in [0.25, 0.3) is 11.6 Å². The summed E-state index contributed by atoms with van der Waals surface area (Å²) in [6.45, 7) is 1.79. The van der Waals surface area contributed by atoms with Crippen molar-refractivity contribution in [1.29, 1.82) is 0 Å². The van der Waals surface area contributed by atoms with Crippen LogP contribution in [0.2, 0.25) is 5.15 Å². The Balaban J connectivity index is 2.21. The van der Waals surface area contributed by atoms with Crippen LogP contribution in [-0.2, 0) is 0 Å². The summed E-state index contributed by atoms with van der Waals surface area (Å²) in [6, 6.07) is 1.28. The Morgan fingerprint density at radius 3 is 3.00 bits per heavy atom. The third kappa shape index (κ3) is 3.68. The molecule has 1 saturated heterocycles. The number of hydrogen-bond donors (Lipinski definition) is 1. The van der Waals surface area contributed by atoms with Gasteiger partial charge in [-0.05, 0) is 32.4 Å². The van der Waals surface area contributed by atoms with Crippen LogP contribution in [0.3, 0.4) is 0 Å². The predicted molar refractivity (Wildman–Crippen MR) is 78.5 cm³/mol. The number of carbonyl (C=O) groups excluding carboxylic acids is 1. The zero-order valence-corrected chi connectivity index (χ0v) is 12.5. The van der Waals surface area contributed by atoms with Gasteiger partial charge in [0.2, 0.25) is 0 Å². The lowest BCUT2D eigenvalue weighted by atomic mass is 10.1. The molecule has 1 aliphatic rings. The van der Waals surface area contributed by atoms with Gasteiger partial charge in [0.05, 0.1) is 10.5 Å². The van der Waals surface area contributed by atoms with E-state index in [-0.39, 0.29) is 28.4 Å². The lowest BCUT2D eigenvalue weighted by Gasteiger charge is -2.27. The Kier molecular flexibility index (Phi) is 5.08. The van der Waals surface area contributed by atoms with Crippen molar-refractivity contribution in [1.82, 2.24) is 15.2 Å². The van der Waals surface area contributed by atoms with Crippen molar-refractivity contribution >= 4 is 23.2 Å². The van der Waals surface area contributed by atoms with Crippen LogP contribution in [0.4, 0.5) is 5.69 Å². The van der Waals surface area contributed by atoms with Crippen LogP contribution in [0.1, 0.15) is 29.6 Å². The summed E-state index contributed by atoms with van der Waals surface area (Å²) in [5.74, 6) is -0.330. The predicted octanol–water partition coefficient (Wildman–Crippen LogP) is 1.86. The summed E-state index contributed by atoms with van der Waals surface area (Å²) in [7, 11) is 1.70. The van der Waals surface area contributed by atoms with Crippen LogP contribution >= 0.6 is 11.6 Å². The molecule has 21 heavy (non-hydrogen) atoms. The molecule has 0 aliphatic carbocycles. The summed E-state index contributed by atoms with van der Waals surface area (Å²) in [5, 5.41) is 14.1. The minimum absolute atomic E-state index is 0.0100. The molecular weight excluding hydrogens is 296 g/mol. The number of nitro groups is 1. The summed E-state index contributed by atoms with van der Waals surface area (Å²) in [5.41, 5.74) is -0.163. The van der Waals surface area contributed by atoms with Crippen molar-refractivity contribution in [2.75, 3.05) is 20.1 Å². The van der Waals surface area contributed by atoms with Gasteiger partial charge in [-0.3, -0.25) is 14.9 Å². The molecule has 8 heteroatoms. The monoisotopic (exact) mass is 312 g/mol. The van der Waals surface area contributed by atoms with E-state index in [4.69, 9.17) is 11.6 Å². The topological polar surface area (TPSA) is 88.4 Å². The third-order valence-electron chi connectivity index (χ3n) is 3.68. The van der Waals surface area contributed by atoms with E-state index in [1.54, 1.807) is 11.9 Å². The van der Waals surface area contributed by atoms with Gasteiger partial charge in [0, 0.05) is 19.2 Å². The molecule has 2 rings (SSSR count). The van der Waals surface area contributed by atoms with E-state index in [0.29, 0.717) is 0 Å². The summed E-state index contributed by atoms with van der Waals surface area (Å²) in [4.78, 5) is 28.1. The highest BCUT2D eigenvalue weighted by atomic mass is 35.5. The number of amides is 1. The molecule has 1 N–H and O–H groups in total. The first-order valence-corrected chi connectivity index (χ1v) is 7.16. The van der Waals surface area contributed by atoms with Gasteiger partial charge >= 0.3 is 0 Å². The van der Waals surface area contributed by atoms with Crippen LogP contribution in [0.25, 0.3) is 0 Å². The first-order chi connectivity index (χ1) is 10.0. The molecule has 1 unspecified atom stereocenters. The third-order valence-corrected chi connectivity index (χ3v) is 3.98. The van der Waals surface area contributed by atoms with Gasteiger partial charge in [0.15, 0.2) is 0 Å². The highest BCUT2D eigenvalue weighted by Gasteiger charge is 2.25. The van der Waals surface area contributed by atoms with E-state index in [1.807, 2.05) is 0 Å². The maximum atomic E-state index is 12.5. The van der Waals surface area contributed by atoms with E-state index < -0.39 is 4.92 Å². The number of halogens is 1. The molecule has 2 heterocycles. The standard InChI is InChI=1S/C13H17ClN4O3/c1-17(9-3-2-5-15-6-4-9)13(19)11-7-10(18(20)21)8-16-12(11)14/h7-9,15H,2-6H2,1H3. The van der Waals surface area contributed by atoms with Crippen LogP contribution in [0, 0.1) is 10.1 Å². The molecule has 0 saturated carbocycles. The molecule has 0 spiro atoms. The van der Waals surface area contributed by atoms with Gasteiger partial charge in [-0.15, -0.1) is 0 Å². The zero-order chi connectivity index (χ0) is 15.4. The molecule has 0 radical (unpaired) electrons. The first kappa shape index (κ1) is 15.7. The van der Waals surface area contributed by atoms with Crippen molar-refractivity contribution in [2.24, 2.45) is 0 Å². The summed E-state index contributed by atoms with van der Waals surface area (Å²) >= 11 is 5.92. The maximum Gasteiger partial charge on any atom is 0.288 e. The maximum absolute atomic E-state index is 12.5. The highest BCUT2D eigenvalue weighted by Crippen LogP contribution is 2.22. The summed E-state index contributed by atoms with van der Waals surface area (Å²) < 4.78 is 0. The van der Waals surface area contributed by atoms with Crippen LogP contribution in [0.5, 0.6) is 0 Å². The van der Waals surface area contributed by atoms with Gasteiger partial charge in [0.1, 0.15) is 11.3 Å². The fourth-order valence-electron chi connectivity index (χ4n) is 2.43. The Morgan fingerprint density at radius 2 is 2.29 bits per heavy atom. The largest absolute Gasteiger partial charge is 0.339 e. The van der Waals surface area contributed by atoms with E-state index in [1.165, 1.54) is 6.07 Å². The van der Waals surface area contributed by atoms with Gasteiger partial charge in [-0.2, -0.15) is 0 Å². The number of aromatic nitrogens is 1. The Hall–Kier alpha value is -1.73. The number of hydrogen-bond acceptors (Lipinski definition) is 5. The van der Waals surface area contributed by atoms with Gasteiger partial charge in [-0.1, -0.05) is 11.6 Å². The van der Waals surface area contributed by atoms with E-state index >= 15 is 0 Å². The van der Waals surface area contributed by atoms with Gasteiger partial charge < -0.3 is 10.2 Å². The lowest BCUT2D eigenvalue weighted by molar-refractivity contribution is -0.385. The molecule has 7 nitrogen and oxygen atoms in total. The number of pyridine rings is 1. The smallest absolute Gasteiger partial charge is 0.288 e. The molecule has 1 fully saturated rings. The number of carbonyl (C=O) groups is 1. The SMILES string of the molecule is CN(C(=O)c1cc([N+](=O)[O-])cnc1Cl)C1CCCNCC1. The van der Waals surface area contributed by atoms with Gasteiger partial charge in [-0.25, -0.2) is 4.98 Å². The minimum Gasteiger partial charge on any atom is -0.339 e. The summed E-state index contributed by atoms with van der Waals surface area (Å²) in [6.07, 6.45) is 3.79. The Labute approximate surface area is 127 Å². The number of nitrogens with one attached hydrogen (secondary N) is 1. The van der Waals surface area contributed by atoms with Crippen molar-refractivity contribution in [2.45, 2.75) is 25.3 Å². The average Bonchev–Trinajstić information content (AvgIpc) is 2.75. The van der Waals surface area contributed by atoms with Crippen molar-refractivity contribution in [3.8, 4) is 0 Å². The average molecular weight is 313 g/mol. The molecule has 0 bridgehead atoms.